The van der Waals surface area contributed by atoms with E-state index in [1.165, 1.54) is 23.9 Å². The topological polar surface area (TPSA) is 108 Å². The number of rotatable bonds is 7. The standard InChI is InChI=1S/C18H20N2O6/c1-11-6-15(22)17(18(24)20(11)2)14(21)5-4-12-7-13(9-19-8-12)26-10-16(23)25-3/h6-9,22H,4-5,10H2,1-3H3. The molecule has 0 amide bonds. The third-order valence-electron chi connectivity index (χ3n) is 3.92. The number of aromatic hydroxyl groups is 1. The van der Waals surface area contributed by atoms with Crippen molar-refractivity contribution in [2.45, 2.75) is 19.8 Å². The number of hydrogen-bond acceptors (Lipinski definition) is 7. The summed E-state index contributed by atoms with van der Waals surface area (Å²) in [6, 6.07) is 3.04. The summed E-state index contributed by atoms with van der Waals surface area (Å²) in [6.07, 6.45) is 3.33. The van der Waals surface area contributed by atoms with Gasteiger partial charge in [-0.25, -0.2) is 4.79 Å². The fourth-order valence-corrected chi connectivity index (χ4v) is 2.33. The van der Waals surface area contributed by atoms with Gasteiger partial charge in [0.25, 0.3) is 5.56 Å². The van der Waals surface area contributed by atoms with Crippen molar-refractivity contribution in [2.75, 3.05) is 13.7 Å². The highest BCUT2D eigenvalue weighted by atomic mass is 16.6. The van der Waals surface area contributed by atoms with Gasteiger partial charge < -0.3 is 19.1 Å². The lowest BCUT2D eigenvalue weighted by Crippen LogP contribution is -2.26. The minimum Gasteiger partial charge on any atom is -0.507 e. The van der Waals surface area contributed by atoms with Crippen molar-refractivity contribution < 1.29 is 24.2 Å². The number of aryl methyl sites for hydroxylation is 2. The summed E-state index contributed by atoms with van der Waals surface area (Å²) in [7, 11) is 2.80. The van der Waals surface area contributed by atoms with E-state index < -0.39 is 17.3 Å². The van der Waals surface area contributed by atoms with E-state index in [4.69, 9.17) is 4.74 Å². The molecule has 0 bridgehead atoms. The maximum absolute atomic E-state index is 12.4. The number of hydrogen-bond donors (Lipinski definition) is 1. The van der Waals surface area contributed by atoms with Gasteiger partial charge in [-0.1, -0.05) is 0 Å². The Kier molecular flexibility index (Phi) is 6.11. The first-order valence-corrected chi connectivity index (χ1v) is 7.89. The molecule has 2 rings (SSSR count). The molecule has 0 atom stereocenters. The third kappa shape index (κ3) is 4.47. The third-order valence-corrected chi connectivity index (χ3v) is 3.92. The molecule has 8 heteroatoms. The normalized spacial score (nSPS) is 10.4. The Morgan fingerprint density at radius 1 is 1.27 bits per heavy atom. The van der Waals surface area contributed by atoms with Crippen molar-refractivity contribution in [2.24, 2.45) is 7.05 Å². The van der Waals surface area contributed by atoms with Gasteiger partial charge in [0, 0.05) is 31.4 Å². The summed E-state index contributed by atoms with van der Waals surface area (Å²) >= 11 is 0. The lowest BCUT2D eigenvalue weighted by Gasteiger charge is -2.09. The summed E-state index contributed by atoms with van der Waals surface area (Å²) in [5.41, 5.74) is 0.512. The number of esters is 1. The van der Waals surface area contributed by atoms with Crippen LogP contribution in [0.4, 0.5) is 0 Å². The van der Waals surface area contributed by atoms with Crippen molar-refractivity contribution in [3.05, 3.63) is 51.7 Å². The van der Waals surface area contributed by atoms with Gasteiger partial charge in [0.15, 0.2) is 12.4 Å². The molecule has 0 radical (unpaired) electrons. The maximum atomic E-state index is 12.4. The van der Waals surface area contributed by atoms with Crippen LogP contribution in [-0.2, 0) is 23.0 Å². The minimum atomic E-state index is -0.527. The highest BCUT2D eigenvalue weighted by Crippen LogP contribution is 2.18. The Morgan fingerprint density at radius 3 is 2.69 bits per heavy atom. The van der Waals surface area contributed by atoms with Crippen LogP contribution in [0.2, 0.25) is 0 Å². The summed E-state index contributed by atoms with van der Waals surface area (Å²) in [6.45, 7) is 1.43. The zero-order valence-electron chi connectivity index (χ0n) is 14.8. The van der Waals surface area contributed by atoms with Gasteiger partial charge in [0.05, 0.1) is 13.3 Å². The van der Waals surface area contributed by atoms with E-state index in [-0.39, 0.29) is 24.3 Å². The average Bonchev–Trinajstić information content (AvgIpc) is 2.63. The van der Waals surface area contributed by atoms with Gasteiger partial charge in [0.1, 0.15) is 17.1 Å². The maximum Gasteiger partial charge on any atom is 0.343 e. The number of Topliss-reactive ketones (excluding diaryl/α,β-unsaturated/α-hetero) is 1. The van der Waals surface area contributed by atoms with Gasteiger partial charge in [-0.15, -0.1) is 0 Å². The van der Waals surface area contributed by atoms with Crippen LogP contribution in [0.1, 0.15) is 28.0 Å². The van der Waals surface area contributed by atoms with Crippen LogP contribution >= 0.6 is 0 Å². The van der Waals surface area contributed by atoms with Crippen LogP contribution in [0.15, 0.2) is 29.3 Å². The van der Waals surface area contributed by atoms with E-state index in [0.717, 1.165) is 0 Å². The molecule has 8 nitrogen and oxygen atoms in total. The second kappa shape index (κ2) is 8.28. The Balaban J connectivity index is 2.08. The van der Waals surface area contributed by atoms with Crippen molar-refractivity contribution in [1.82, 2.24) is 9.55 Å². The largest absolute Gasteiger partial charge is 0.507 e. The smallest absolute Gasteiger partial charge is 0.343 e. The minimum absolute atomic E-state index is 0.0218. The molecule has 2 heterocycles. The van der Waals surface area contributed by atoms with Gasteiger partial charge in [-0.2, -0.15) is 0 Å². The molecule has 0 spiro atoms. The van der Waals surface area contributed by atoms with Crippen molar-refractivity contribution >= 4 is 11.8 Å². The molecule has 0 unspecified atom stereocenters. The predicted molar refractivity (Wildman–Crippen MR) is 92.5 cm³/mol. The summed E-state index contributed by atoms with van der Waals surface area (Å²) in [5.74, 6) is -0.918. The van der Waals surface area contributed by atoms with E-state index in [2.05, 4.69) is 9.72 Å². The van der Waals surface area contributed by atoms with Crippen molar-refractivity contribution in [1.29, 1.82) is 0 Å². The first-order chi connectivity index (χ1) is 12.3. The zero-order valence-corrected chi connectivity index (χ0v) is 14.8. The number of ether oxygens (including phenoxy) is 2. The molecule has 0 aliphatic heterocycles. The quantitative estimate of drug-likeness (QED) is 0.583. The van der Waals surface area contributed by atoms with Gasteiger partial charge in [-0.3, -0.25) is 14.6 Å². The molecule has 0 aromatic carbocycles. The van der Waals surface area contributed by atoms with E-state index >= 15 is 0 Å². The number of carbonyl (C=O) groups is 2. The fourth-order valence-electron chi connectivity index (χ4n) is 2.33. The van der Waals surface area contributed by atoms with Crippen LogP contribution in [0.25, 0.3) is 0 Å². The molecule has 0 saturated heterocycles. The molecule has 138 valence electrons. The lowest BCUT2D eigenvalue weighted by molar-refractivity contribution is -0.142. The first kappa shape index (κ1) is 19.2. The molecule has 0 aliphatic carbocycles. The Labute approximate surface area is 150 Å². The SMILES string of the molecule is COC(=O)COc1cncc(CCC(=O)c2c(O)cc(C)n(C)c2=O)c1. The number of nitrogens with zero attached hydrogens (tertiary/aromatic N) is 2. The van der Waals surface area contributed by atoms with Gasteiger partial charge in [0.2, 0.25) is 0 Å². The molecular weight excluding hydrogens is 340 g/mol. The predicted octanol–water partition coefficient (Wildman–Crippen LogP) is 1.16. The second-order valence-electron chi connectivity index (χ2n) is 5.73. The molecule has 2 aromatic rings. The Bertz CT molecular complexity index is 888. The highest BCUT2D eigenvalue weighted by Gasteiger charge is 2.18. The number of methoxy groups -OCH3 is 1. The summed E-state index contributed by atoms with van der Waals surface area (Å²) < 4.78 is 11.0. The monoisotopic (exact) mass is 360 g/mol. The van der Waals surface area contributed by atoms with E-state index in [1.807, 2.05) is 0 Å². The van der Waals surface area contributed by atoms with Crippen LogP contribution in [0.5, 0.6) is 11.5 Å². The van der Waals surface area contributed by atoms with Gasteiger partial charge >= 0.3 is 5.97 Å². The molecule has 1 N–H and O–H groups in total. The van der Waals surface area contributed by atoms with Crippen molar-refractivity contribution in [3.8, 4) is 11.5 Å². The van der Waals surface area contributed by atoms with E-state index in [9.17, 15) is 19.5 Å². The van der Waals surface area contributed by atoms with Crippen LogP contribution < -0.4 is 10.3 Å². The number of pyridine rings is 2. The fraction of sp³-hybridized carbons (Fsp3) is 0.333. The molecule has 0 aliphatic rings. The molecule has 0 fully saturated rings. The molecular formula is C18H20N2O6. The summed E-state index contributed by atoms with van der Waals surface area (Å²) in [4.78, 5) is 39.7. The van der Waals surface area contributed by atoms with E-state index in [0.29, 0.717) is 23.4 Å². The van der Waals surface area contributed by atoms with Crippen LogP contribution in [-0.4, -0.2) is 40.1 Å². The first-order valence-electron chi connectivity index (χ1n) is 7.89. The number of ketones is 1. The van der Waals surface area contributed by atoms with E-state index in [1.54, 1.807) is 26.2 Å². The number of carbonyl (C=O) groups excluding carboxylic acids is 2. The molecule has 26 heavy (non-hydrogen) atoms. The lowest BCUT2D eigenvalue weighted by atomic mass is 10.0. The number of aromatic nitrogens is 2. The average molecular weight is 360 g/mol. The van der Waals surface area contributed by atoms with Crippen molar-refractivity contribution in [3.63, 3.8) is 0 Å². The van der Waals surface area contributed by atoms with Crippen LogP contribution in [0.3, 0.4) is 0 Å². The molecule has 0 saturated carbocycles. The zero-order chi connectivity index (χ0) is 19.3. The van der Waals surface area contributed by atoms with Crippen LogP contribution in [0, 0.1) is 6.92 Å². The summed E-state index contributed by atoms with van der Waals surface area (Å²) in [5, 5.41) is 9.94. The Hall–Kier alpha value is -3.16. The highest BCUT2D eigenvalue weighted by molar-refractivity contribution is 5.98. The van der Waals surface area contributed by atoms with Gasteiger partial charge in [-0.05, 0) is 25.0 Å². The Morgan fingerprint density at radius 2 is 2.00 bits per heavy atom. The molecule has 2 aromatic heterocycles. The second-order valence-corrected chi connectivity index (χ2v) is 5.73.